The van der Waals surface area contributed by atoms with Crippen LogP contribution in [0.15, 0.2) is 53.3 Å². The zero-order valence-corrected chi connectivity index (χ0v) is 29.9. The van der Waals surface area contributed by atoms with Gasteiger partial charge >= 0.3 is 18.4 Å². The van der Waals surface area contributed by atoms with E-state index in [0.717, 1.165) is 6.07 Å². The first-order chi connectivity index (χ1) is 26.2. The van der Waals surface area contributed by atoms with Crippen LogP contribution in [0.25, 0.3) is 22.0 Å². The molecule has 1 aliphatic heterocycles. The summed E-state index contributed by atoms with van der Waals surface area (Å²) in [5, 5.41) is 0.533. The van der Waals surface area contributed by atoms with Gasteiger partial charge in [-0.25, -0.2) is 9.59 Å². The number of anilines is 1. The van der Waals surface area contributed by atoms with Crippen LogP contribution < -0.4 is 10.5 Å². The van der Waals surface area contributed by atoms with Gasteiger partial charge in [0.05, 0.1) is 98.0 Å². The van der Waals surface area contributed by atoms with Crippen LogP contribution in [0.5, 0.6) is 0 Å². The second-order valence-electron chi connectivity index (χ2n) is 11.5. The molecule has 1 fully saturated rings. The maximum Gasteiger partial charge on any atom is 0.508 e. The number of aromatic nitrogens is 1. The van der Waals surface area contributed by atoms with E-state index in [0.29, 0.717) is 83.7 Å². The predicted octanol–water partition coefficient (Wildman–Crippen LogP) is 4.44. The molecule has 1 atom stereocenters. The van der Waals surface area contributed by atoms with E-state index in [-0.39, 0.29) is 49.6 Å². The Kier molecular flexibility index (Phi) is 17.9. The largest absolute Gasteiger partial charge is 0.508 e. The number of amides is 1. The van der Waals surface area contributed by atoms with Gasteiger partial charge < -0.3 is 52.4 Å². The van der Waals surface area contributed by atoms with Crippen molar-refractivity contribution in [3.8, 4) is 11.3 Å². The fourth-order valence-corrected chi connectivity index (χ4v) is 5.08. The second-order valence-corrected chi connectivity index (χ2v) is 11.5. The van der Waals surface area contributed by atoms with Crippen LogP contribution in [-0.2, 0) is 53.5 Å². The highest BCUT2D eigenvalue weighted by molar-refractivity contribution is 5.94. The molecule has 2 aromatic carbocycles. The minimum atomic E-state index is -4.61. The lowest BCUT2D eigenvalue weighted by Gasteiger charge is -2.15. The van der Waals surface area contributed by atoms with Gasteiger partial charge in [0.25, 0.3) is 5.56 Å². The van der Waals surface area contributed by atoms with Crippen LogP contribution in [0.2, 0.25) is 0 Å². The molecule has 3 aromatic rings. The Balaban J connectivity index is 1.03. The maximum atomic E-state index is 13.6. The highest BCUT2D eigenvalue weighted by Crippen LogP contribution is 2.36. The maximum absolute atomic E-state index is 13.6. The Bertz CT molecular complexity index is 1660. The zero-order valence-electron chi connectivity index (χ0n) is 29.9. The molecule has 1 saturated heterocycles. The van der Waals surface area contributed by atoms with Gasteiger partial charge in [-0.3, -0.25) is 9.69 Å². The van der Waals surface area contributed by atoms with Crippen LogP contribution in [0.4, 0.5) is 28.4 Å². The number of H-pyrrole nitrogens is 1. The first-order valence-electron chi connectivity index (χ1n) is 17.2. The minimum Gasteiger partial charge on any atom is -0.440 e. The molecule has 18 heteroatoms. The third-order valence-electron chi connectivity index (χ3n) is 7.66. The number of ether oxygens (including phenoxy) is 10. The van der Waals surface area contributed by atoms with Crippen LogP contribution in [0.3, 0.4) is 0 Å². The molecule has 0 aliphatic carbocycles. The average Bonchev–Trinajstić information content (AvgIpc) is 3.54. The van der Waals surface area contributed by atoms with E-state index in [4.69, 9.17) is 47.4 Å². The number of pyridine rings is 1. The van der Waals surface area contributed by atoms with Gasteiger partial charge in [0.2, 0.25) is 0 Å². The van der Waals surface area contributed by atoms with Gasteiger partial charge in [-0.2, -0.15) is 13.2 Å². The third-order valence-corrected chi connectivity index (χ3v) is 7.66. The summed E-state index contributed by atoms with van der Waals surface area (Å²) in [5.74, 6) is 0. The van der Waals surface area contributed by atoms with Crippen molar-refractivity contribution in [1.29, 1.82) is 0 Å². The van der Waals surface area contributed by atoms with Gasteiger partial charge in [-0.05, 0) is 29.7 Å². The normalized spacial score (nSPS) is 14.5. The number of hydrogen-bond donors (Lipinski definition) is 1. The van der Waals surface area contributed by atoms with E-state index < -0.39 is 35.7 Å². The number of halogens is 3. The summed E-state index contributed by atoms with van der Waals surface area (Å²) in [5.41, 5.74) is -1.36. The van der Waals surface area contributed by atoms with Gasteiger partial charge in [-0.15, -0.1) is 0 Å². The standard InChI is InChI=1S/C36H45F3N2O13/c1-45-8-9-46-10-11-47-12-13-48-14-15-49-16-17-50-18-19-51-20-21-52-35(44)53-25-28-24-41(34(43)54-28)27-7-6-26-22-32(40-33(42)30(26)23-27)29-4-2-3-5-31(29)36(37,38)39/h2-7,22-23,28H,8-21,24-25H2,1H3,(H,40,42)/t28-/m0/s1. The number of benzene rings is 2. The molecule has 0 unspecified atom stereocenters. The van der Waals surface area contributed by atoms with Gasteiger partial charge in [-0.1, -0.05) is 24.3 Å². The molecule has 298 valence electrons. The summed E-state index contributed by atoms with van der Waals surface area (Å²) >= 11 is 0. The van der Waals surface area contributed by atoms with Crippen molar-refractivity contribution in [2.24, 2.45) is 0 Å². The summed E-state index contributed by atoms with van der Waals surface area (Å²) in [6.45, 7) is 5.08. The molecule has 1 aliphatic rings. The van der Waals surface area contributed by atoms with Crippen LogP contribution in [0, 0.1) is 0 Å². The van der Waals surface area contributed by atoms with E-state index in [9.17, 15) is 27.6 Å². The van der Waals surface area contributed by atoms with Crippen molar-refractivity contribution in [1.82, 2.24) is 4.98 Å². The van der Waals surface area contributed by atoms with Gasteiger partial charge in [0.15, 0.2) is 6.10 Å². The quantitative estimate of drug-likeness (QED) is 0.0952. The summed E-state index contributed by atoms with van der Waals surface area (Å²) in [4.78, 5) is 41.3. The molecule has 0 saturated carbocycles. The second kappa shape index (κ2) is 22.8. The van der Waals surface area contributed by atoms with Crippen LogP contribution in [-0.4, -0.2) is 136 Å². The summed E-state index contributed by atoms with van der Waals surface area (Å²) in [7, 11) is 1.62. The van der Waals surface area contributed by atoms with Crippen molar-refractivity contribution < 1.29 is 70.1 Å². The van der Waals surface area contributed by atoms with E-state index in [2.05, 4.69) is 4.98 Å². The number of hydrogen-bond acceptors (Lipinski definition) is 13. The number of nitrogens with zero attached hydrogens (tertiary/aromatic N) is 1. The van der Waals surface area contributed by atoms with E-state index in [1.807, 2.05) is 0 Å². The lowest BCUT2D eigenvalue weighted by molar-refractivity contribution is -0.137. The molecule has 0 bridgehead atoms. The molecular formula is C36H45F3N2O13. The Morgan fingerprint density at radius 1 is 0.759 bits per heavy atom. The van der Waals surface area contributed by atoms with Gasteiger partial charge in [0.1, 0.15) is 13.2 Å². The Morgan fingerprint density at radius 3 is 1.89 bits per heavy atom. The van der Waals surface area contributed by atoms with E-state index in [1.54, 1.807) is 13.2 Å². The average molecular weight is 771 g/mol. The summed E-state index contributed by atoms with van der Waals surface area (Å²) < 4.78 is 93.1. The molecule has 1 amide bonds. The number of rotatable bonds is 25. The molecule has 0 spiro atoms. The molecule has 4 rings (SSSR count). The number of carbonyl (C=O) groups excluding carboxylic acids is 2. The number of alkyl halides is 3. The fourth-order valence-electron chi connectivity index (χ4n) is 5.08. The lowest BCUT2D eigenvalue weighted by Crippen LogP contribution is -2.27. The van der Waals surface area contributed by atoms with Crippen molar-refractivity contribution in [3.05, 3.63) is 64.4 Å². The monoisotopic (exact) mass is 770 g/mol. The molecule has 1 aromatic heterocycles. The number of cyclic esters (lactones) is 1. The lowest BCUT2D eigenvalue weighted by atomic mass is 10.0. The molecule has 15 nitrogen and oxygen atoms in total. The predicted molar refractivity (Wildman–Crippen MR) is 187 cm³/mol. The first-order valence-corrected chi connectivity index (χ1v) is 17.2. The molecule has 2 heterocycles. The van der Waals surface area contributed by atoms with Crippen LogP contribution in [0.1, 0.15) is 5.56 Å². The van der Waals surface area contributed by atoms with Crippen molar-refractivity contribution >= 4 is 28.7 Å². The topological polar surface area (TPSA) is 163 Å². The zero-order chi connectivity index (χ0) is 38.6. The van der Waals surface area contributed by atoms with Gasteiger partial charge in [0, 0.05) is 29.4 Å². The number of nitrogens with one attached hydrogen (secondary N) is 1. The summed E-state index contributed by atoms with van der Waals surface area (Å²) in [6.07, 6.45) is -7.13. The fraction of sp³-hybridized carbons (Fsp3) is 0.528. The Hall–Kier alpha value is -4.30. The number of fused-ring (bicyclic) bond motifs is 1. The van der Waals surface area contributed by atoms with E-state index >= 15 is 0 Å². The van der Waals surface area contributed by atoms with Crippen molar-refractivity contribution in [2.45, 2.75) is 12.3 Å². The highest BCUT2D eigenvalue weighted by atomic mass is 19.4. The molecular weight excluding hydrogens is 725 g/mol. The van der Waals surface area contributed by atoms with Crippen LogP contribution >= 0.6 is 0 Å². The third kappa shape index (κ3) is 14.2. The Morgan fingerprint density at radius 2 is 1.31 bits per heavy atom. The number of aromatic amines is 1. The minimum absolute atomic E-state index is 0.00391. The first kappa shape index (κ1) is 42.4. The smallest absolute Gasteiger partial charge is 0.440 e. The SMILES string of the molecule is COCCOCCOCCOCCOCCOCCOCCOC(=O)OC[C@@H]1CN(c2ccc3cc(-c4ccccc4C(F)(F)F)[nH]c(=O)c3c2)C(=O)O1. The number of carbonyl (C=O) groups is 2. The highest BCUT2D eigenvalue weighted by Gasteiger charge is 2.35. The molecule has 1 N–H and O–H groups in total. The molecule has 54 heavy (non-hydrogen) atoms. The Labute approximate surface area is 309 Å². The summed E-state index contributed by atoms with van der Waals surface area (Å²) in [6, 6.07) is 10.9. The van der Waals surface area contributed by atoms with Crippen molar-refractivity contribution in [3.63, 3.8) is 0 Å². The number of methoxy groups -OCH3 is 1. The van der Waals surface area contributed by atoms with E-state index in [1.165, 1.54) is 41.3 Å². The molecule has 0 radical (unpaired) electrons. The van der Waals surface area contributed by atoms with Crippen molar-refractivity contribution in [2.75, 3.05) is 118 Å².